The van der Waals surface area contributed by atoms with Crippen LogP contribution >= 0.6 is 0 Å². The first-order valence-corrected chi connectivity index (χ1v) is 12.7. The third-order valence-corrected chi connectivity index (χ3v) is 6.88. The summed E-state index contributed by atoms with van der Waals surface area (Å²) in [7, 11) is 0. The van der Waals surface area contributed by atoms with E-state index in [4.69, 9.17) is 17.8 Å². The van der Waals surface area contributed by atoms with Crippen molar-refractivity contribution in [1.82, 2.24) is 14.9 Å². The van der Waals surface area contributed by atoms with Crippen LogP contribution in [0.2, 0.25) is 0 Å². The first kappa shape index (κ1) is 25.3. The number of benzene rings is 1. The Kier molecular flexibility index (Phi) is 8.19. The fraction of sp³-hybridized carbons (Fsp3) is 0.542. The van der Waals surface area contributed by atoms with Crippen LogP contribution in [0.15, 0.2) is 30.6 Å². The molecule has 2 saturated heterocycles. The van der Waals surface area contributed by atoms with Gasteiger partial charge in [-0.1, -0.05) is 26.0 Å². The second-order valence-electron chi connectivity index (χ2n) is 9.27. The summed E-state index contributed by atoms with van der Waals surface area (Å²) in [6.07, 6.45) is 2.39. The lowest BCUT2D eigenvalue weighted by atomic mass is 9.92. The van der Waals surface area contributed by atoms with Crippen molar-refractivity contribution < 1.29 is 31.9 Å². The average Bonchev–Trinajstić information content (AvgIpc) is 2.82. The van der Waals surface area contributed by atoms with Crippen LogP contribution in [0.1, 0.15) is 50.2 Å². The number of piperidine rings is 1. The predicted octanol–water partition coefficient (Wildman–Crippen LogP) is 4.22. The molecule has 0 bridgehead atoms. The van der Waals surface area contributed by atoms with Gasteiger partial charge in [-0.25, -0.2) is 14.8 Å². The summed E-state index contributed by atoms with van der Waals surface area (Å²) in [4.78, 5) is 21.7. The van der Waals surface area contributed by atoms with E-state index in [1.165, 1.54) is 11.2 Å². The maximum Gasteiger partial charge on any atom is 0.407 e. The van der Waals surface area contributed by atoms with Gasteiger partial charge in [0.1, 0.15) is 18.2 Å². The Bertz CT molecular complexity index is 1040. The minimum absolute atomic E-state index is 0.00889. The number of hydrogen-bond donors (Lipinski definition) is 1. The first-order valence-electron chi connectivity index (χ1n) is 11.7. The van der Waals surface area contributed by atoms with Gasteiger partial charge in [0.15, 0.2) is 0 Å². The lowest BCUT2D eigenvalue weighted by Crippen LogP contribution is -2.48. The largest absolute Gasteiger partial charge is 0.474 e. The fourth-order valence-electron chi connectivity index (χ4n) is 4.41. The smallest absolute Gasteiger partial charge is 0.407 e. The van der Waals surface area contributed by atoms with Gasteiger partial charge in [0, 0.05) is 31.3 Å². The number of carboxylic acid groups (broad SMARTS) is 1. The van der Waals surface area contributed by atoms with E-state index in [2.05, 4.69) is 23.8 Å². The van der Waals surface area contributed by atoms with Crippen molar-refractivity contribution in [2.24, 2.45) is 5.92 Å². The van der Waals surface area contributed by atoms with Crippen LogP contribution < -0.4 is 9.47 Å². The maximum absolute atomic E-state index is 11.6. The predicted molar refractivity (Wildman–Crippen MR) is 128 cm³/mol. The molecule has 2 aliphatic heterocycles. The van der Waals surface area contributed by atoms with Crippen LogP contribution in [0.25, 0.3) is 0 Å². The number of ether oxygens (including phenoxy) is 2. The van der Waals surface area contributed by atoms with Gasteiger partial charge in [-0.05, 0) is 37.0 Å². The normalized spacial score (nSPS) is 24.9. The third-order valence-electron chi connectivity index (χ3n) is 6.22. The number of carbonyl (C=O) groups is 1. The van der Waals surface area contributed by atoms with Crippen molar-refractivity contribution in [3.8, 4) is 17.5 Å². The summed E-state index contributed by atoms with van der Waals surface area (Å²) >= 11 is -1.66. The summed E-state index contributed by atoms with van der Waals surface area (Å²) in [5.41, 5.74) is 1.68. The summed E-state index contributed by atoms with van der Waals surface area (Å²) in [5.74, 6) is 1.83. The van der Waals surface area contributed by atoms with E-state index < -0.39 is 17.5 Å². The van der Waals surface area contributed by atoms with Gasteiger partial charge in [0.2, 0.25) is 11.8 Å². The molecule has 4 rings (SSSR count). The molecule has 1 aromatic carbocycles. The standard InChI is InChI=1S/C24H31N3O7S/c1-15(2)10-19-11-21(8-9-27(19)24(28)29)34-23-16(3)22(25-14-26-23)33-20-6-4-17(5-7-20)18-12-31-35(30)32-13-18/h4-7,14-15,18-19,21H,8-13H2,1-3H3,(H,28,29)/t18?,19-,21-,35?/m1/s1. The number of amides is 1. The molecular formula is C24H31N3O7S. The van der Waals surface area contributed by atoms with E-state index in [0.29, 0.717) is 61.6 Å². The highest BCUT2D eigenvalue weighted by atomic mass is 32.2. The molecule has 2 fully saturated rings. The molecule has 0 saturated carbocycles. The molecule has 0 spiro atoms. The van der Waals surface area contributed by atoms with Gasteiger partial charge < -0.3 is 19.5 Å². The fourth-order valence-corrected chi connectivity index (χ4v) is 5.03. The molecule has 10 nitrogen and oxygen atoms in total. The van der Waals surface area contributed by atoms with Crippen molar-refractivity contribution in [3.63, 3.8) is 0 Å². The van der Waals surface area contributed by atoms with Crippen molar-refractivity contribution in [2.45, 2.75) is 58.1 Å². The zero-order valence-electron chi connectivity index (χ0n) is 20.1. The van der Waals surface area contributed by atoms with Crippen LogP contribution in [0.5, 0.6) is 17.5 Å². The van der Waals surface area contributed by atoms with E-state index in [-0.39, 0.29) is 18.1 Å². The highest BCUT2D eigenvalue weighted by molar-refractivity contribution is 7.75. The Labute approximate surface area is 207 Å². The molecule has 1 amide bonds. The molecule has 0 radical (unpaired) electrons. The molecule has 1 N–H and O–H groups in total. The summed E-state index contributed by atoms with van der Waals surface area (Å²) in [6, 6.07) is 7.42. The molecule has 0 aliphatic carbocycles. The number of hydrogen-bond acceptors (Lipinski definition) is 8. The van der Waals surface area contributed by atoms with Crippen LogP contribution in [-0.4, -0.2) is 62.2 Å². The number of likely N-dealkylation sites (tertiary alicyclic amines) is 1. The zero-order valence-corrected chi connectivity index (χ0v) is 20.9. The molecule has 2 aromatic rings. The van der Waals surface area contributed by atoms with E-state index in [1.54, 1.807) is 0 Å². The van der Waals surface area contributed by atoms with Gasteiger partial charge in [-0.3, -0.25) is 8.37 Å². The van der Waals surface area contributed by atoms with Gasteiger partial charge >= 0.3 is 17.5 Å². The maximum atomic E-state index is 11.6. The van der Waals surface area contributed by atoms with E-state index in [1.807, 2.05) is 31.2 Å². The molecule has 2 aliphatic rings. The first-order chi connectivity index (χ1) is 16.8. The number of rotatable bonds is 7. The van der Waals surface area contributed by atoms with E-state index >= 15 is 0 Å². The molecule has 1 aromatic heterocycles. The lowest BCUT2D eigenvalue weighted by molar-refractivity contribution is 0.0450. The molecule has 3 heterocycles. The molecular weight excluding hydrogens is 474 g/mol. The highest BCUT2D eigenvalue weighted by Gasteiger charge is 2.33. The van der Waals surface area contributed by atoms with Crippen molar-refractivity contribution in [3.05, 3.63) is 41.7 Å². The van der Waals surface area contributed by atoms with Crippen LogP contribution in [0.3, 0.4) is 0 Å². The van der Waals surface area contributed by atoms with E-state index in [9.17, 15) is 14.1 Å². The minimum Gasteiger partial charge on any atom is -0.474 e. The Hall–Kier alpha value is -2.76. The lowest BCUT2D eigenvalue weighted by Gasteiger charge is -2.38. The molecule has 190 valence electrons. The van der Waals surface area contributed by atoms with E-state index in [0.717, 1.165) is 12.0 Å². The Morgan fingerprint density at radius 3 is 2.54 bits per heavy atom. The number of aromatic nitrogens is 2. The highest BCUT2D eigenvalue weighted by Crippen LogP contribution is 2.32. The second kappa shape index (κ2) is 11.3. The summed E-state index contributed by atoms with van der Waals surface area (Å²) < 4.78 is 33.5. The molecule has 11 heteroatoms. The van der Waals surface area contributed by atoms with Gasteiger partial charge in [0.25, 0.3) is 0 Å². The topological polar surface area (TPSA) is 120 Å². The molecule has 35 heavy (non-hydrogen) atoms. The Balaban J connectivity index is 1.40. The van der Waals surface area contributed by atoms with Gasteiger partial charge in [0.05, 0.1) is 18.8 Å². The van der Waals surface area contributed by atoms with Gasteiger partial charge in [-0.2, -0.15) is 4.21 Å². The van der Waals surface area contributed by atoms with Crippen LogP contribution in [0.4, 0.5) is 4.79 Å². The Morgan fingerprint density at radius 2 is 1.89 bits per heavy atom. The summed E-state index contributed by atoms with van der Waals surface area (Å²) in [5, 5.41) is 9.54. The van der Waals surface area contributed by atoms with Crippen molar-refractivity contribution in [2.75, 3.05) is 19.8 Å². The zero-order chi connectivity index (χ0) is 24.9. The van der Waals surface area contributed by atoms with Gasteiger partial charge in [-0.15, -0.1) is 0 Å². The molecule has 0 unspecified atom stereocenters. The third kappa shape index (κ3) is 6.47. The molecule has 2 atom stereocenters. The monoisotopic (exact) mass is 505 g/mol. The average molecular weight is 506 g/mol. The SMILES string of the molecule is Cc1c(Oc2ccc(C3COS(=O)OC3)cc2)ncnc1O[C@@H]1CCN(C(=O)O)[C@H](CC(C)C)C1. The van der Waals surface area contributed by atoms with Crippen molar-refractivity contribution >= 4 is 17.5 Å². The second-order valence-corrected chi connectivity index (χ2v) is 10.2. The number of nitrogens with zero attached hydrogens (tertiary/aromatic N) is 3. The van der Waals surface area contributed by atoms with Crippen LogP contribution in [-0.2, 0) is 19.7 Å². The van der Waals surface area contributed by atoms with Crippen molar-refractivity contribution in [1.29, 1.82) is 0 Å². The Morgan fingerprint density at radius 1 is 1.20 bits per heavy atom. The minimum atomic E-state index is -1.66. The van der Waals surface area contributed by atoms with Crippen LogP contribution in [0, 0.1) is 12.8 Å². The quantitative estimate of drug-likeness (QED) is 0.589. The summed E-state index contributed by atoms with van der Waals surface area (Å²) in [6.45, 7) is 7.13.